The van der Waals surface area contributed by atoms with Crippen molar-refractivity contribution in [3.05, 3.63) is 53.6 Å². The average Bonchev–Trinajstić information content (AvgIpc) is 2.58. The molecule has 140 valence electrons. The fraction of sp³-hybridized carbons (Fsp3) is 0.316. The third-order valence-electron chi connectivity index (χ3n) is 4.07. The average molecular weight is 381 g/mol. The van der Waals surface area contributed by atoms with E-state index in [0.29, 0.717) is 0 Å². The molecule has 0 fully saturated rings. The molecule has 0 aromatic heterocycles. The van der Waals surface area contributed by atoms with Crippen molar-refractivity contribution in [2.24, 2.45) is 0 Å². The molecule has 0 saturated heterocycles. The molecule has 0 spiro atoms. The maximum atomic E-state index is 13.1. The van der Waals surface area contributed by atoms with Crippen LogP contribution in [0.1, 0.15) is 25.0 Å². The lowest BCUT2D eigenvalue weighted by Crippen LogP contribution is -2.23. The number of alkyl halides is 3. The summed E-state index contributed by atoms with van der Waals surface area (Å²) in [5.41, 5.74) is 1.98. The van der Waals surface area contributed by atoms with Crippen LogP contribution in [0.4, 0.5) is 30.2 Å². The Morgan fingerprint density at radius 2 is 1.62 bits per heavy atom. The molecule has 2 aromatic rings. The van der Waals surface area contributed by atoms with E-state index in [-0.39, 0.29) is 10.8 Å². The molecule has 26 heavy (non-hydrogen) atoms. The van der Waals surface area contributed by atoms with Crippen molar-refractivity contribution < 1.29 is 13.2 Å². The van der Waals surface area contributed by atoms with Crippen molar-refractivity contribution in [1.82, 2.24) is 0 Å². The first-order chi connectivity index (χ1) is 12.3. The van der Waals surface area contributed by atoms with Crippen molar-refractivity contribution >= 4 is 34.4 Å². The van der Waals surface area contributed by atoms with E-state index in [1.54, 1.807) is 0 Å². The number of para-hydroxylation sites is 1. The normalized spacial score (nSPS) is 11.2. The van der Waals surface area contributed by atoms with E-state index >= 15 is 0 Å². The van der Waals surface area contributed by atoms with Gasteiger partial charge in [0.1, 0.15) is 0 Å². The van der Waals surface area contributed by atoms with Crippen LogP contribution in [0.3, 0.4) is 0 Å². The number of nitrogens with one attached hydrogen (secondary N) is 2. The molecule has 0 aliphatic heterocycles. The SMILES string of the molecule is CCN(CC)c1ccc(NC(=S)Nc2ccccc2C(F)(F)F)c(C)c1. The largest absolute Gasteiger partial charge is 0.418 e. The molecule has 0 atom stereocenters. The van der Waals surface area contributed by atoms with Gasteiger partial charge >= 0.3 is 6.18 Å². The van der Waals surface area contributed by atoms with Crippen molar-refractivity contribution in [3.8, 4) is 0 Å². The number of benzene rings is 2. The second-order valence-electron chi connectivity index (χ2n) is 5.79. The molecular formula is C19H22F3N3S. The van der Waals surface area contributed by atoms with Gasteiger partial charge in [0.2, 0.25) is 0 Å². The van der Waals surface area contributed by atoms with Crippen LogP contribution in [0.5, 0.6) is 0 Å². The topological polar surface area (TPSA) is 27.3 Å². The Labute approximate surface area is 157 Å². The summed E-state index contributed by atoms with van der Waals surface area (Å²) in [6, 6.07) is 11.1. The molecule has 0 aliphatic carbocycles. The van der Waals surface area contributed by atoms with Crippen LogP contribution in [0.2, 0.25) is 0 Å². The van der Waals surface area contributed by atoms with E-state index in [1.807, 2.05) is 25.1 Å². The van der Waals surface area contributed by atoms with E-state index in [0.717, 1.165) is 36.1 Å². The maximum absolute atomic E-state index is 13.1. The summed E-state index contributed by atoms with van der Waals surface area (Å²) in [4.78, 5) is 2.22. The molecule has 0 bridgehead atoms. The van der Waals surface area contributed by atoms with Crippen LogP contribution < -0.4 is 15.5 Å². The van der Waals surface area contributed by atoms with Gasteiger partial charge in [0.05, 0.1) is 11.3 Å². The number of hydrogen-bond acceptors (Lipinski definition) is 2. The predicted octanol–water partition coefficient (Wildman–Crippen LogP) is 5.67. The summed E-state index contributed by atoms with van der Waals surface area (Å²) < 4.78 is 39.2. The summed E-state index contributed by atoms with van der Waals surface area (Å²) in [7, 11) is 0. The number of halogens is 3. The third-order valence-corrected chi connectivity index (χ3v) is 4.27. The molecule has 0 amide bonds. The number of aryl methyl sites for hydroxylation is 1. The van der Waals surface area contributed by atoms with E-state index in [1.165, 1.54) is 18.2 Å². The Balaban J connectivity index is 2.14. The lowest BCUT2D eigenvalue weighted by molar-refractivity contribution is -0.136. The summed E-state index contributed by atoms with van der Waals surface area (Å²) in [6.45, 7) is 7.90. The quantitative estimate of drug-likeness (QED) is 0.653. The first-order valence-corrected chi connectivity index (χ1v) is 8.76. The fourth-order valence-corrected chi connectivity index (χ4v) is 2.91. The highest BCUT2D eigenvalue weighted by atomic mass is 32.1. The Kier molecular flexibility index (Phi) is 6.47. The van der Waals surface area contributed by atoms with Gasteiger partial charge in [-0.2, -0.15) is 13.2 Å². The summed E-state index contributed by atoms with van der Waals surface area (Å²) >= 11 is 5.19. The molecule has 2 N–H and O–H groups in total. The Hall–Kier alpha value is -2.28. The Morgan fingerprint density at radius 1 is 1.00 bits per heavy atom. The highest BCUT2D eigenvalue weighted by molar-refractivity contribution is 7.80. The fourth-order valence-electron chi connectivity index (χ4n) is 2.69. The predicted molar refractivity (Wildman–Crippen MR) is 106 cm³/mol. The van der Waals surface area contributed by atoms with Gasteiger partial charge in [-0.05, 0) is 68.9 Å². The van der Waals surface area contributed by atoms with Gasteiger partial charge in [-0.3, -0.25) is 0 Å². The van der Waals surface area contributed by atoms with Gasteiger partial charge in [-0.15, -0.1) is 0 Å². The van der Waals surface area contributed by atoms with Gasteiger partial charge in [0, 0.05) is 24.5 Å². The minimum atomic E-state index is -4.44. The van der Waals surface area contributed by atoms with Crippen molar-refractivity contribution in [3.63, 3.8) is 0 Å². The highest BCUT2D eigenvalue weighted by Crippen LogP contribution is 2.34. The lowest BCUT2D eigenvalue weighted by atomic mass is 10.1. The number of thiocarbonyl (C=S) groups is 1. The molecule has 3 nitrogen and oxygen atoms in total. The second-order valence-corrected chi connectivity index (χ2v) is 6.20. The minimum Gasteiger partial charge on any atom is -0.372 e. The van der Waals surface area contributed by atoms with E-state index in [4.69, 9.17) is 12.2 Å². The summed E-state index contributed by atoms with van der Waals surface area (Å²) in [6.07, 6.45) is -4.44. The summed E-state index contributed by atoms with van der Waals surface area (Å²) in [5, 5.41) is 5.73. The molecule has 7 heteroatoms. The van der Waals surface area contributed by atoms with Crippen molar-refractivity contribution in [1.29, 1.82) is 0 Å². The zero-order valence-electron chi connectivity index (χ0n) is 14.9. The van der Waals surface area contributed by atoms with Crippen LogP contribution in [0.15, 0.2) is 42.5 Å². The molecule has 0 unspecified atom stereocenters. The second kappa shape index (κ2) is 8.40. The van der Waals surface area contributed by atoms with E-state index < -0.39 is 11.7 Å². The van der Waals surface area contributed by atoms with Gasteiger partial charge in [0.15, 0.2) is 5.11 Å². The first kappa shape index (κ1) is 20.0. The molecule has 0 heterocycles. The highest BCUT2D eigenvalue weighted by Gasteiger charge is 2.33. The lowest BCUT2D eigenvalue weighted by Gasteiger charge is -2.22. The standard InChI is InChI=1S/C19H22F3N3S/c1-4-25(5-2)14-10-11-16(13(3)12-14)23-18(26)24-17-9-7-6-8-15(17)19(20,21)22/h6-12H,4-5H2,1-3H3,(H2,23,24,26). The molecule has 2 aromatic carbocycles. The first-order valence-electron chi connectivity index (χ1n) is 8.36. The molecule has 0 saturated carbocycles. The van der Waals surface area contributed by atoms with Crippen LogP contribution in [-0.2, 0) is 6.18 Å². The number of nitrogens with zero attached hydrogens (tertiary/aromatic N) is 1. The number of rotatable bonds is 5. The molecule has 0 radical (unpaired) electrons. The third kappa shape index (κ3) is 4.88. The number of hydrogen-bond donors (Lipinski definition) is 2. The van der Waals surface area contributed by atoms with Gasteiger partial charge < -0.3 is 15.5 Å². The Morgan fingerprint density at radius 3 is 2.19 bits per heavy atom. The zero-order valence-corrected chi connectivity index (χ0v) is 15.8. The zero-order chi connectivity index (χ0) is 19.3. The van der Waals surface area contributed by atoms with Crippen LogP contribution in [0.25, 0.3) is 0 Å². The molecule has 2 rings (SSSR count). The van der Waals surface area contributed by atoms with Gasteiger partial charge in [0.25, 0.3) is 0 Å². The summed E-state index contributed by atoms with van der Waals surface area (Å²) in [5.74, 6) is 0. The van der Waals surface area contributed by atoms with Crippen LogP contribution in [-0.4, -0.2) is 18.2 Å². The van der Waals surface area contributed by atoms with Gasteiger partial charge in [-0.1, -0.05) is 12.1 Å². The van der Waals surface area contributed by atoms with Crippen molar-refractivity contribution in [2.75, 3.05) is 28.6 Å². The maximum Gasteiger partial charge on any atom is 0.418 e. The van der Waals surface area contributed by atoms with E-state index in [2.05, 4.69) is 29.4 Å². The van der Waals surface area contributed by atoms with Crippen molar-refractivity contribution in [2.45, 2.75) is 26.9 Å². The molecular weight excluding hydrogens is 359 g/mol. The minimum absolute atomic E-state index is 0.0742. The molecule has 0 aliphatic rings. The number of anilines is 3. The van der Waals surface area contributed by atoms with E-state index in [9.17, 15) is 13.2 Å². The van der Waals surface area contributed by atoms with Crippen LogP contribution in [0, 0.1) is 6.92 Å². The smallest absolute Gasteiger partial charge is 0.372 e. The van der Waals surface area contributed by atoms with Crippen LogP contribution >= 0.6 is 12.2 Å². The monoisotopic (exact) mass is 381 g/mol. The Bertz CT molecular complexity index is 771. The van der Waals surface area contributed by atoms with Gasteiger partial charge in [-0.25, -0.2) is 0 Å².